The van der Waals surface area contributed by atoms with Gasteiger partial charge < -0.3 is 24.3 Å². The third kappa shape index (κ3) is 4.53. The zero-order chi connectivity index (χ0) is 27.0. The molecule has 7 nitrogen and oxygen atoms in total. The molecule has 1 aliphatic carbocycles. The molecule has 38 heavy (non-hydrogen) atoms. The summed E-state index contributed by atoms with van der Waals surface area (Å²) in [6.45, 7) is 0. The third-order valence-electron chi connectivity index (χ3n) is 6.42. The van der Waals surface area contributed by atoms with Gasteiger partial charge in [-0.05, 0) is 36.4 Å². The van der Waals surface area contributed by atoms with Crippen LogP contribution in [0.2, 0.25) is 5.02 Å². The van der Waals surface area contributed by atoms with Gasteiger partial charge in [0, 0.05) is 21.6 Å². The molecular weight excluding hydrogens is 549 g/mol. The van der Waals surface area contributed by atoms with Crippen molar-refractivity contribution in [2.24, 2.45) is 0 Å². The van der Waals surface area contributed by atoms with Gasteiger partial charge in [0.15, 0.2) is 17.3 Å². The minimum atomic E-state index is -0.866. The summed E-state index contributed by atoms with van der Waals surface area (Å²) in [5.74, 6) is 1.22. The van der Waals surface area contributed by atoms with Crippen LogP contribution in [0.25, 0.3) is 10.1 Å². The lowest BCUT2D eigenvalue weighted by molar-refractivity contribution is -0.127. The number of carbonyl (C=O) groups excluding carboxylic acids is 2. The molecule has 1 amide bonds. The number of nitrogens with one attached hydrogen (secondary N) is 1. The van der Waals surface area contributed by atoms with E-state index in [1.807, 2.05) is 42.5 Å². The van der Waals surface area contributed by atoms with Gasteiger partial charge >= 0.3 is 0 Å². The lowest BCUT2D eigenvalue weighted by Gasteiger charge is -2.40. The van der Waals surface area contributed by atoms with E-state index in [1.54, 1.807) is 18.2 Å². The van der Waals surface area contributed by atoms with E-state index in [9.17, 15) is 9.59 Å². The van der Waals surface area contributed by atoms with Gasteiger partial charge in [-0.25, -0.2) is 0 Å². The highest BCUT2D eigenvalue weighted by atomic mass is 35.5. The van der Waals surface area contributed by atoms with E-state index in [-0.39, 0.29) is 10.8 Å². The number of rotatable bonds is 8. The number of methoxy groups -OCH3 is 3. The van der Waals surface area contributed by atoms with Crippen LogP contribution < -0.4 is 24.3 Å². The Morgan fingerprint density at radius 3 is 2.34 bits per heavy atom. The lowest BCUT2D eigenvalue weighted by atomic mass is 9.72. The summed E-state index contributed by atoms with van der Waals surface area (Å²) in [4.78, 5) is 26.4. The van der Waals surface area contributed by atoms with Gasteiger partial charge in [-0.2, -0.15) is 0 Å². The number of halogens is 2. The molecule has 0 aliphatic heterocycles. The Balaban J connectivity index is 1.42. The molecule has 0 radical (unpaired) electrons. The number of alkyl halides is 1. The molecule has 10 heteroatoms. The second kappa shape index (κ2) is 10.7. The number of para-hydroxylation sites is 1. The smallest absolute Gasteiger partial charge is 0.263 e. The van der Waals surface area contributed by atoms with Crippen molar-refractivity contribution in [3.63, 3.8) is 0 Å². The van der Waals surface area contributed by atoms with Crippen molar-refractivity contribution in [3.8, 4) is 28.7 Å². The molecule has 196 valence electrons. The van der Waals surface area contributed by atoms with Crippen molar-refractivity contribution in [1.82, 2.24) is 5.32 Å². The normalized spacial score (nSPS) is 18.6. The Labute approximate surface area is 233 Å². The summed E-state index contributed by atoms with van der Waals surface area (Å²) < 4.78 is 23.1. The van der Waals surface area contributed by atoms with Gasteiger partial charge in [-0.1, -0.05) is 35.9 Å². The fraction of sp³-hybridized carbons (Fsp3) is 0.214. The zero-order valence-corrected chi connectivity index (χ0v) is 22.9. The molecule has 3 unspecified atom stereocenters. The minimum absolute atomic E-state index is 0.287. The fourth-order valence-electron chi connectivity index (χ4n) is 4.55. The highest BCUT2D eigenvalue weighted by Crippen LogP contribution is 2.49. The van der Waals surface area contributed by atoms with Crippen LogP contribution in [0.5, 0.6) is 28.7 Å². The van der Waals surface area contributed by atoms with E-state index in [0.717, 1.165) is 4.70 Å². The van der Waals surface area contributed by atoms with Gasteiger partial charge in [0.1, 0.15) is 21.8 Å². The summed E-state index contributed by atoms with van der Waals surface area (Å²) in [5, 5.41) is 2.96. The maximum Gasteiger partial charge on any atom is 0.263 e. The van der Waals surface area contributed by atoms with Crippen LogP contribution >= 0.6 is 34.5 Å². The molecule has 1 aromatic heterocycles. The highest BCUT2D eigenvalue weighted by molar-refractivity contribution is 7.21. The number of hydrogen-bond donors (Lipinski definition) is 1. The molecule has 0 saturated heterocycles. The van der Waals surface area contributed by atoms with Gasteiger partial charge in [-0.3, -0.25) is 9.59 Å². The van der Waals surface area contributed by atoms with Crippen molar-refractivity contribution in [3.05, 3.63) is 76.1 Å². The molecule has 3 aromatic carbocycles. The quantitative estimate of drug-likeness (QED) is 0.245. The lowest BCUT2D eigenvalue weighted by Crippen LogP contribution is -2.60. The first-order chi connectivity index (χ1) is 18.4. The Morgan fingerprint density at radius 2 is 1.66 bits per heavy atom. The number of Topliss-reactive ketones (excluding diaryl/α,β-unsaturated/α-hetero) is 1. The van der Waals surface area contributed by atoms with Crippen molar-refractivity contribution in [1.29, 1.82) is 0 Å². The molecule has 5 rings (SSSR count). The summed E-state index contributed by atoms with van der Waals surface area (Å²) in [5.41, 5.74) is 0.625. The molecule has 1 N–H and O–H groups in total. The average Bonchev–Trinajstić information content (AvgIpc) is 3.28. The number of thiophene rings is 1. The summed E-state index contributed by atoms with van der Waals surface area (Å²) >= 11 is 14.3. The van der Waals surface area contributed by atoms with E-state index in [0.29, 0.717) is 44.6 Å². The van der Waals surface area contributed by atoms with Gasteiger partial charge in [0.2, 0.25) is 5.75 Å². The number of benzene rings is 3. The van der Waals surface area contributed by atoms with Crippen LogP contribution in [-0.4, -0.2) is 44.4 Å². The third-order valence-corrected chi connectivity index (χ3v) is 8.58. The van der Waals surface area contributed by atoms with Gasteiger partial charge in [0.25, 0.3) is 5.91 Å². The topological polar surface area (TPSA) is 83.1 Å². The summed E-state index contributed by atoms with van der Waals surface area (Å²) in [7, 11) is 4.50. The van der Waals surface area contributed by atoms with Gasteiger partial charge in [0.05, 0.1) is 32.4 Å². The van der Waals surface area contributed by atoms with Crippen LogP contribution in [0.3, 0.4) is 0 Å². The van der Waals surface area contributed by atoms with E-state index < -0.39 is 23.2 Å². The van der Waals surface area contributed by atoms with E-state index in [1.165, 1.54) is 32.7 Å². The predicted molar refractivity (Wildman–Crippen MR) is 148 cm³/mol. The van der Waals surface area contributed by atoms with E-state index >= 15 is 0 Å². The molecule has 4 aromatic rings. The molecule has 0 spiro atoms. The number of carbonyl (C=O) groups is 2. The molecule has 1 fully saturated rings. The Hall–Kier alpha value is -3.46. The monoisotopic (exact) mass is 571 g/mol. The number of amides is 1. The molecule has 1 heterocycles. The van der Waals surface area contributed by atoms with Crippen molar-refractivity contribution >= 4 is 56.3 Å². The Bertz CT molecular complexity index is 1520. The molecule has 0 bridgehead atoms. The molecule has 1 saturated carbocycles. The Kier molecular flexibility index (Phi) is 7.38. The minimum Gasteiger partial charge on any atom is -0.493 e. The second-order valence-electron chi connectivity index (χ2n) is 8.52. The second-order valence-corrected chi connectivity index (χ2v) is 10.4. The van der Waals surface area contributed by atoms with Crippen molar-refractivity contribution in [2.45, 2.75) is 17.3 Å². The number of hydrogen-bond acceptors (Lipinski definition) is 7. The highest BCUT2D eigenvalue weighted by Gasteiger charge is 2.52. The summed E-state index contributed by atoms with van der Waals surface area (Å²) in [6.07, 6.45) is 0. The molecule has 3 atom stereocenters. The number of ether oxygens (including phenoxy) is 4. The van der Waals surface area contributed by atoms with Crippen LogP contribution in [0, 0.1) is 0 Å². The van der Waals surface area contributed by atoms with Gasteiger partial charge in [-0.15, -0.1) is 22.9 Å². The first-order valence-electron chi connectivity index (χ1n) is 11.6. The number of fused-ring (bicyclic) bond motifs is 1. The van der Waals surface area contributed by atoms with Crippen LogP contribution in [0.15, 0.2) is 60.7 Å². The fourth-order valence-corrected chi connectivity index (χ4v) is 6.36. The van der Waals surface area contributed by atoms with E-state index in [2.05, 4.69) is 5.32 Å². The molecule has 1 aliphatic rings. The van der Waals surface area contributed by atoms with Crippen LogP contribution in [0.1, 0.15) is 21.2 Å². The SMILES string of the molecule is COc1ccc(C2C(Cl)C(=O)C2NC(=O)c2sc3ccc(Oc4ccccc4)cc3c2Cl)c(OC)c1OC. The maximum atomic E-state index is 13.3. The first kappa shape index (κ1) is 26.2. The predicted octanol–water partition coefficient (Wildman–Crippen LogP) is 6.45. The maximum absolute atomic E-state index is 13.3. The molecular formula is C28H23Cl2NO6S. The largest absolute Gasteiger partial charge is 0.493 e. The number of ketones is 1. The van der Waals surface area contributed by atoms with Crippen LogP contribution in [-0.2, 0) is 4.79 Å². The van der Waals surface area contributed by atoms with Crippen molar-refractivity contribution < 1.29 is 28.5 Å². The first-order valence-corrected chi connectivity index (χ1v) is 13.2. The average molecular weight is 572 g/mol. The van der Waals surface area contributed by atoms with Crippen molar-refractivity contribution in [2.75, 3.05) is 21.3 Å². The van der Waals surface area contributed by atoms with Crippen LogP contribution in [0.4, 0.5) is 0 Å². The van der Waals surface area contributed by atoms with E-state index in [4.69, 9.17) is 42.1 Å². The summed E-state index contributed by atoms with van der Waals surface area (Å²) in [6, 6.07) is 17.4. The zero-order valence-electron chi connectivity index (χ0n) is 20.6. The Morgan fingerprint density at radius 1 is 0.921 bits per heavy atom. The standard InChI is InChI=1S/C28H23Cl2NO6S/c1-34-18-11-10-16(25(35-2)26(18)36-3)20-22(30)24(32)23(20)31-28(33)27-21(29)17-13-15(9-12-19(17)38-27)37-14-7-5-4-6-8-14/h4-13,20,22-23H,1-3H3,(H,31,33).